The molecule has 0 aromatic rings. The van der Waals surface area contributed by atoms with Gasteiger partial charge in [-0.15, -0.1) is 0 Å². The zero-order chi connectivity index (χ0) is 12.8. The predicted octanol–water partition coefficient (Wildman–Crippen LogP) is 4.34. The topological polar surface area (TPSA) is 43.1 Å². The van der Waals surface area contributed by atoms with Crippen molar-refractivity contribution in [2.24, 2.45) is 5.73 Å². The minimum atomic E-state index is 0.376. The van der Waals surface area contributed by atoms with Crippen LogP contribution in [0, 0.1) is 0 Å². The molecule has 0 atom stereocenters. The lowest BCUT2D eigenvalue weighted by molar-refractivity contribution is -0.105. The smallest absolute Gasteiger partial charge is 0.165 e. The van der Waals surface area contributed by atoms with E-state index in [4.69, 9.17) is 5.73 Å². The van der Waals surface area contributed by atoms with Gasteiger partial charge in [-0.1, -0.05) is 70.8 Å². The number of carbonyl (C=O) groups excluding carboxylic acids is 1. The molecule has 0 saturated heterocycles. The summed E-state index contributed by atoms with van der Waals surface area (Å²) in [6, 6.07) is 0. The molecule has 0 aromatic heterocycles. The minimum Gasteiger partial charge on any atom is -0.396 e. The Bertz CT molecular complexity index is 199. The van der Waals surface area contributed by atoms with Gasteiger partial charge in [0.1, 0.15) is 0 Å². The maximum Gasteiger partial charge on any atom is 0.165 e. The average molecular weight is 239 g/mol. The molecule has 0 aliphatic heterocycles. The zero-order valence-electron chi connectivity index (χ0n) is 11.4. The van der Waals surface area contributed by atoms with Crippen molar-refractivity contribution in [2.75, 3.05) is 0 Å². The van der Waals surface area contributed by atoms with E-state index in [-0.39, 0.29) is 0 Å². The molecule has 0 aliphatic carbocycles. The third-order valence-electron chi connectivity index (χ3n) is 3.07. The van der Waals surface area contributed by atoms with Crippen LogP contribution < -0.4 is 5.73 Å². The van der Waals surface area contributed by atoms with Gasteiger partial charge in [0.2, 0.25) is 0 Å². The van der Waals surface area contributed by atoms with Gasteiger partial charge in [0.15, 0.2) is 6.29 Å². The van der Waals surface area contributed by atoms with Gasteiger partial charge in [0.05, 0.1) is 5.70 Å². The second-order valence-electron chi connectivity index (χ2n) is 4.79. The second-order valence-corrected chi connectivity index (χ2v) is 4.79. The van der Waals surface area contributed by atoms with E-state index in [1.807, 2.05) is 6.08 Å². The molecule has 100 valence electrons. The molecule has 0 bridgehead atoms. The van der Waals surface area contributed by atoms with Crippen LogP contribution in [-0.4, -0.2) is 6.29 Å². The minimum absolute atomic E-state index is 0.376. The number of allylic oxidation sites excluding steroid dienone is 2. The van der Waals surface area contributed by atoms with E-state index in [9.17, 15) is 4.79 Å². The normalized spacial score (nSPS) is 11.7. The lowest BCUT2D eigenvalue weighted by Crippen LogP contribution is -1.96. The maximum absolute atomic E-state index is 10.2. The number of aldehydes is 1. The lowest BCUT2D eigenvalue weighted by Gasteiger charge is -2.01. The van der Waals surface area contributed by atoms with Gasteiger partial charge < -0.3 is 5.73 Å². The van der Waals surface area contributed by atoms with Crippen molar-refractivity contribution in [3.63, 3.8) is 0 Å². The Labute approximate surface area is 107 Å². The van der Waals surface area contributed by atoms with Crippen LogP contribution in [0.5, 0.6) is 0 Å². The number of unbranched alkanes of at least 4 members (excludes halogenated alkanes) is 10. The summed E-state index contributed by atoms with van der Waals surface area (Å²) in [7, 11) is 0. The Balaban J connectivity index is 3.06. The molecular formula is C15H29NO. The Hall–Kier alpha value is -0.790. The first-order chi connectivity index (χ1) is 8.31. The van der Waals surface area contributed by atoms with Crippen molar-refractivity contribution in [3.05, 3.63) is 11.8 Å². The van der Waals surface area contributed by atoms with Gasteiger partial charge in [0, 0.05) is 0 Å². The van der Waals surface area contributed by atoms with Gasteiger partial charge in [-0.2, -0.15) is 0 Å². The van der Waals surface area contributed by atoms with Crippen LogP contribution in [0.4, 0.5) is 0 Å². The van der Waals surface area contributed by atoms with Crippen LogP contribution in [-0.2, 0) is 4.79 Å². The van der Waals surface area contributed by atoms with Crippen LogP contribution in [0.2, 0.25) is 0 Å². The zero-order valence-corrected chi connectivity index (χ0v) is 11.4. The molecule has 2 nitrogen and oxygen atoms in total. The third-order valence-corrected chi connectivity index (χ3v) is 3.07. The molecule has 0 amide bonds. The molecule has 2 heteroatoms. The summed E-state index contributed by atoms with van der Waals surface area (Å²) >= 11 is 0. The van der Waals surface area contributed by atoms with Gasteiger partial charge in [-0.25, -0.2) is 0 Å². The number of carbonyl (C=O) groups is 1. The monoisotopic (exact) mass is 239 g/mol. The van der Waals surface area contributed by atoms with Crippen LogP contribution in [0.3, 0.4) is 0 Å². The summed E-state index contributed by atoms with van der Waals surface area (Å²) in [6.45, 7) is 2.26. The van der Waals surface area contributed by atoms with Crippen LogP contribution >= 0.6 is 0 Å². The van der Waals surface area contributed by atoms with E-state index in [0.29, 0.717) is 5.70 Å². The van der Waals surface area contributed by atoms with E-state index < -0.39 is 0 Å². The van der Waals surface area contributed by atoms with Crippen molar-refractivity contribution in [1.82, 2.24) is 0 Å². The summed E-state index contributed by atoms with van der Waals surface area (Å²) < 4.78 is 0. The first kappa shape index (κ1) is 16.2. The molecule has 0 heterocycles. The lowest BCUT2D eigenvalue weighted by atomic mass is 10.1. The Morgan fingerprint density at radius 3 is 1.82 bits per heavy atom. The molecular weight excluding hydrogens is 210 g/mol. The highest BCUT2D eigenvalue weighted by Crippen LogP contribution is 2.11. The van der Waals surface area contributed by atoms with E-state index >= 15 is 0 Å². The molecule has 17 heavy (non-hydrogen) atoms. The molecule has 2 N–H and O–H groups in total. The number of nitrogens with two attached hydrogens (primary N) is 1. The van der Waals surface area contributed by atoms with Crippen molar-refractivity contribution >= 4 is 6.29 Å². The number of hydrogen-bond donors (Lipinski definition) is 1. The van der Waals surface area contributed by atoms with Crippen LogP contribution in [0.1, 0.15) is 77.6 Å². The summed E-state index contributed by atoms with van der Waals surface area (Å²) in [6.07, 6.45) is 16.9. The summed E-state index contributed by atoms with van der Waals surface area (Å²) in [5.74, 6) is 0. The van der Waals surface area contributed by atoms with Crippen LogP contribution in [0.25, 0.3) is 0 Å². The SMILES string of the molecule is CCCCCCCCCCCCC=C(N)C=O. The summed E-state index contributed by atoms with van der Waals surface area (Å²) in [4.78, 5) is 10.2. The number of rotatable bonds is 12. The molecule has 0 rings (SSSR count). The van der Waals surface area contributed by atoms with E-state index in [2.05, 4.69) is 6.92 Å². The van der Waals surface area contributed by atoms with Crippen LogP contribution in [0.15, 0.2) is 11.8 Å². The van der Waals surface area contributed by atoms with Gasteiger partial charge in [-0.3, -0.25) is 4.79 Å². The van der Waals surface area contributed by atoms with E-state index in [0.717, 1.165) is 19.1 Å². The van der Waals surface area contributed by atoms with Gasteiger partial charge in [0.25, 0.3) is 0 Å². The summed E-state index contributed by atoms with van der Waals surface area (Å²) in [5, 5.41) is 0. The Kier molecular flexibility index (Phi) is 12.7. The van der Waals surface area contributed by atoms with Gasteiger partial charge >= 0.3 is 0 Å². The molecule has 0 spiro atoms. The first-order valence-corrected chi connectivity index (χ1v) is 7.22. The van der Waals surface area contributed by atoms with Crippen molar-refractivity contribution in [2.45, 2.75) is 77.6 Å². The quantitative estimate of drug-likeness (QED) is 0.313. The Morgan fingerprint density at radius 2 is 1.35 bits per heavy atom. The molecule has 0 saturated carbocycles. The fourth-order valence-electron chi connectivity index (χ4n) is 1.95. The molecule has 0 aliphatic rings. The first-order valence-electron chi connectivity index (χ1n) is 7.22. The van der Waals surface area contributed by atoms with E-state index in [1.165, 1.54) is 57.8 Å². The Morgan fingerprint density at radius 1 is 0.882 bits per heavy atom. The van der Waals surface area contributed by atoms with Crippen molar-refractivity contribution < 1.29 is 4.79 Å². The highest BCUT2D eigenvalue weighted by atomic mass is 16.1. The van der Waals surface area contributed by atoms with E-state index in [1.54, 1.807) is 0 Å². The molecule has 0 fully saturated rings. The third kappa shape index (κ3) is 13.1. The standard InChI is InChI=1S/C15H29NO/c1-2-3-4-5-6-7-8-9-10-11-12-13-15(16)14-17/h13-14H,2-12,16H2,1H3. The summed E-state index contributed by atoms with van der Waals surface area (Å²) in [5.41, 5.74) is 5.76. The van der Waals surface area contributed by atoms with Crippen molar-refractivity contribution in [1.29, 1.82) is 0 Å². The molecule has 0 unspecified atom stereocenters. The maximum atomic E-state index is 10.2. The largest absolute Gasteiger partial charge is 0.396 e. The highest BCUT2D eigenvalue weighted by molar-refractivity contribution is 5.71. The second kappa shape index (κ2) is 13.3. The predicted molar refractivity (Wildman–Crippen MR) is 74.8 cm³/mol. The molecule has 0 aromatic carbocycles. The average Bonchev–Trinajstić information content (AvgIpc) is 2.35. The fourth-order valence-corrected chi connectivity index (χ4v) is 1.95. The van der Waals surface area contributed by atoms with Gasteiger partial charge in [-0.05, 0) is 12.8 Å². The number of hydrogen-bond acceptors (Lipinski definition) is 2. The molecule has 0 radical (unpaired) electrons. The highest BCUT2D eigenvalue weighted by Gasteiger charge is 1.92. The van der Waals surface area contributed by atoms with Crippen molar-refractivity contribution in [3.8, 4) is 0 Å². The fraction of sp³-hybridized carbons (Fsp3) is 0.800.